The largest absolute Gasteiger partial charge is 0.457 e. The van der Waals surface area contributed by atoms with Crippen molar-refractivity contribution < 1.29 is 4.74 Å². The minimum absolute atomic E-state index is 0.345. The lowest BCUT2D eigenvalue weighted by Crippen LogP contribution is -2.43. The third-order valence-corrected chi connectivity index (χ3v) is 6.14. The Balaban J connectivity index is 1.32. The van der Waals surface area contributed by atoms with Crippen LogP contribution in [0.4, 0.5) is 11.4 Å². The zero-order valence-corrected chi connectivity index (χ0v) is 19.4. The molecule has 0 bridgehead atoms. The first kappa shape index (κ1) is 22.2. The Morgan fingerprint density at radius 3 is 2.65 bits per heavy atom. The first-order chi connectivity index (χ1) is 16.7. The van der Waals surface area contributed by atoms with E-state index in [0.717, 1.165) is 72.3 Å². The summed E-state index contributed by atoms with van der Waals surface area (Å²) in [7, 11) is 0. The number of aryl methyl sites for hydroxylation is 1. The Morgan fingerprint density at radius 2 is 1.85 bits per heavy atom. The molecule has 3 N–H and O–H groups in total. The SMILES string of the molecule is Cc1cc(Oc2ccccc2)ccc1N1C=Nc2ccc(C#CCN3CCNCC3)cc2C1N. The fraction of sp³-hybridized carbons (Fsp3) is 0.250. The highest BCUT2D eigenvalue weighted by atomic mass is 16.5. The van der Waals surface area contributed by atoms with Gasteiger partial charge in [0, 0.05) is 43.0 Å². The number of benzene rings is 3. The number of nitrogens with two attached hydrogens (primary N) is 1. The number of fused-ring (bicyclic) bond motifs is 1. The van der Waals surface area contributed by atoms with Crippen LogP contribution >= 0.6 is 0 Å². The molecule has 1 saturated heterocycles. The summed E-state index contributed by atoms with van der Waals surface area (Å²) in [6.45, 7) is 6.99. The predicted molar refractivity (Wildman–Crippen MR) is 138 cm³/mol. The van der Waals surface area contributed by atoms with Gasteiger partial charge in [-0.05, 0) is 61.0 Å². The number of piperazine rings is 1. The quantitative estimate of drug-likeness (QED) is 0.583. The molecule has 34 heavy (non-hydrogen) atoms. The highest BCUT2D eigenvalue weighted by Crippen LogP contribution is 2.36. The molecule has 3 aromatic rings. The molecule has 0 radical (unpaired) electrons. The number of ether oxygens (including phenoxy) is 1. The van der Waals surface area contributed by atoms with Gasteiger partial charge >= 0.3 is 0 Å². The molecule has 6 heteroatoms. The van der Waals surface area contributed by atoms with Gasteiger partial charge in [-0.3, -0.25) is 4.90 Å². The molecule has 0 aliphatic carbocycles. The van der Waals surface area contributed by atoms with Crippen LogP contribution in [0.1, 0.15) is 22.9 Å². The topological polar surface area (TPSA) is 66.1 Å². The van der Waals surface area contributed by atoms with E-state index in [1.165, 1.54) is 0 Å². The molecular weight excluding hydrogens is 422 g/mol. The first-order valence-corrected chi connectivity index (χ1v) is 11.6. The summed E-state index contributed by atoms with van der Waals surface area (Å²) in [5, 5.41) is 3.37. The van der Waals surface area contributed by atoms with Crippen molar-refractivity contribution in [1.82, 2.24) is 10.2 Å². The number of hydrogen-bond donors (Lipinski definition) is 2. The van der Waals surface area contributed by atoms with E-state index in [9.17, 15) is 0 Å². The summed E-state index contributed by atoms with van der Waals surface area (Å²) in [6.07, 6.45) is 1.46. The molecule has 2 aliphatic heterocycles. The number of anilines is 1. The Labute approximate surface area is 201 Å². The fourth-order valence-corrected chi connectivity index (χ4v) is 4.27. The standard InChI is InChI=1S/C28H29N5O/c1-21-18-24(34-23-7-3-2-4-8-23)10-12-27(21)33-20-31-26-11-9-22(19-25(26)28(33)29)6-5-15-32-16-13-30-14-17-32/h2-4,7-12,18-20,28,30H,13-17,29H2,1H3. The summed E-state index contributed by atoms with van der Waals surface area (Å²) < 4.78 is 5.98. The molecule has 2 aliphatic rings. The Bertz CT molecular complexity index is 1240. The molecule has 2 heterocycles. The summed E-state index contributed by atoms with van der Waals surface area (Å²) in [4.78, 5) is 9.02. The van der Waals surface area contributed by atoms with E-state index >= 15 is 0 Å². The Hall–Kier alpha value is -3.63. The van der Waals surface area contributed by atoms with Crippen LogP contribution in [0.15, 0.2) is 71.7 Å². The van der Waals surface area contributed by atoms with E-state index in [1.54, 1.807) is 0 Å². The number of nitrogens with one attached hydrogen (secondary N) is 1. The lowest BCUT2D eigenvalue weighted by atomic mass is 10.0. The maximum atomic E-state index is 6.71. The summed E-state index contributed by atoms with van der Waals surface area (Å²) >= 11 is 0. The van der Waals surface area contributed by atoms with Crippen LogP contribution < -0.4 is 20.7 Å². The second-order valence-corrected chi connectivity index (χ2v) is 8.56. The van der Waals surface area contributed by atoms with Crippen molar-refractivity contribution in [3.8, 4) is 23.3 Å². The zero-order valence-electron chi connectivity index (χ0n) is 19.4. The van der Waals surface area contributed by atoms with Gasteiger partial charge in [0.1, 0.15) is 17.7 Å². The van der Waals surface area contributed by atoms with Crippen LogP contribution in [-0.4, -0.2) is 44.0 Å². The van der Waals surface area contributed by atoms with E-state index < -0.39 is 0 Å². The van der Waals surface area contributed by atoms with Crippen molar-refractivity contribution in [3.05, 3.63) is 83.4 Å². The second kappa shape index (κ2) is 10.1. The van der Waals surface area contributed by atoms with Crippen molar-refractivity contribution >= 4 is 17.7 Å². The van der Waals surface area contributed by atoms with Gasteiger partial charge in [0.25, 0.3) is 0 Å². The Kier molecular flexibility index (Phi) is 6.59. The van der Waals surface area contributed by atoms with E-state index in [4.69, 9.17) is 10.5 Å². The average molecular weight is 452 g/mol. The van der Waals surface area contributed by atoms with E-state index in [1.807, 2.05) is 71.9 Å². The monoisotopic (exact) mass is 451 g/mol. The van der Waals surface area contributed by atoms with Gasteiger partial charge in [0.2, 0.25) is 0 Å². The van der Waals surface area contributed by atoms with Gasteiger partial charge < -0.3 is 20.7 Å². The van der Waals surface area contributed by atoms with Gasteiger partial charge in [-0.2, -0.15) is 0 Å². The fourth-order valence-electron chi connectivity index (χ4n) is 4.27. The van der Waals surface area contributed by atoms with Crippen LogP contribution in [0, 0.1) is 18.8 Å². The third-order valence-electron chi connectivity index (χ3n) is 6.14. The smallest absolute Gasteiger partial charge is 0.127 e. The molecule has 172 valence electrons. The normalized spacial score (nSPS) is 17.6. The summed E-state index contributed by atoms with van der Waals surface area (Å²) in [5.41, 5.74) is 11.6. The van der Waals surface area contributed by atoms with Crippen molar-refractivity contribution in [2.75, 3.05) is 37.6 Å². The van der Waals surface area contributed by atoms with Crippen molar-refractivity contribution in [2.24, 2.45) is 10.7 Å². The molecule has 0 aromatic heterocycles. The Morgan fingerprint density at radius 1 is 1.03 bits per heavy atom. The minimum atomic E-state index is -0.345. The van der Waals surface area contributed by atoms with Gasteiger partial charge in [0.15, 0.2) is 0 Å². The summed E-state index contributed by atoms with van der Waals surface area (Å²) in [6, 6.07) is 21.9. The van der Waals surface area contributed by atoms with Crippen LogP contribution in [0.25, 0.3) is 0 Å². The summed E-state index contributed by atoms with van der Waals surface area (Å²) in [5.74, 6) is 8.22. The van der Waals surface area contributed by atoms with Crippen LogP contribution in [-0.2, 0) is 0 Å². The van der Waals surface area contributed by atoms with E-state index in [0.29, 0.717) is 0 Å². The predicted octanol–water partition coefficient (Wildman–Crippen LogP) is 4.18. The lowest BCUT2D eigenvalue weighted by Gasteiger charge is -2.32. The van der Waals surface area contributed by atoms with Gasteiger partial charge in [-0.25, -0.2) is 4.99 Å². The molecule has 1 fully saturated rings. The average Bonchev–Trinajstić information content (AvgIpc) is 2.86. The molecule has 0 amide bonds. The maximum absolute atomic E-state index is 6.71. The van der Waals surface area contributed by atoms with Crippen LogP contribution in [0.5, 0.6) is 11.5 Å². The molecule has 1 atom stereocenters. The molecule has 1 unspecified atom stereocenters. The van der Waals surface area contributed by atoms with Gasteiger partial charge in [-0.15, -0.1) is 0 Å². The molecule has 3 aromatic carbocycles. The van der Waals surface area contributed by atoms with E-state index in [2.05, 4.69) is 40.0 Å². The van der Waals surface area contributed by atoms with Gasteiger partial charge in [-0.1, -0.05) is 30.0 Å². The van der Waals surface area contributed by atoms with Crippen molar-refractivity contribution in [3.63, 3.8) is 0 Å². The number of para-hydroxylation sites is 1. The molecule has 6 nitrogen and oxygen atoms in total. The zero-order chi connectivity index (χ0) is 23.3. The molecular formula is C28H29N5O. The van der Waals surface area contributed by atoms with Gasteiger partial charge in [0.05, 0.1) is 18.6 Å². The van der Waals surface area contributed by atoms with E-state index in [-0.39, 0.29) is 6.17 Å². The van der Waals surface area contributed by atoms with Crippen LogP contribution in [0.3, 0.4) is 0 Å². The number of aliphatic imine (C=N–C) groups is 1. The highest BCUT2D eigenvalue weighted by Gasteiger charge is 2.24. The third kappa shape index (κ3) is 4.97. The highest BCUT2D eigenvalue weighted by molar-refractivity contribution is 5.87. The minimum Gasteiger partial charge on any atom is -0.457 e. The van der Waals surface area contributed by atoms with Crippen molar-refractivity contribution in [1.29, 1.82) is 0 Å². The first-order valence-electron chi connectivity index (χ1n) is 11.6. The molecule has 5 rings (SSSR count). The number of hydrogen-bond acceptors (Lipinski definition) is 6. The second-order valence-electron chi connectivity index (χ2n) is 8.56. The van der Waals surface area contributed by atoms with Crippen LogP contribution in [0.2, 0.25) is 0 Å². The maximum Gasteiger partial charge on any atom is 0.127 e. The van der Waals surface area contributed by atoms with Crippen molar-refractivity contribution in [2.45, 2.75) is 13.1 Å². The number of rotatable bonds is 4. The molecule has 0 saturated carbocycles. The lowest BCUT2D eigenvalue weighted by molar-refractivity contribution is 0.268. The number of nitrogens with zero attached hydrogens (tertiary/aromatic N) is 3. The molecule has 0 spiro atoms.